The summed E-state index contributed by atoms with van der Waals surface area (Å²) >= 11 is 0. The number of rotatable bonds is 7. The smallest absolute Gasteiger partial charge is 0.310 e. The Kier molecular flexibility index (Phi) is 5.57. The lowest BCUT2D eigenvalue weighted by Crippen LogP contribution is -2.47. The number of carbonyl (C=O) groups is 2. The second kappa shape index (κ2) is 6.57. The average Bonchev–Trinajstić information content (AvgIpc) is 2.73. The maximum Gasteiger partial charge on any atom is 0.310 e. The van der Waals surface area contributed by atoms with Gasteiger partial charge in [0, 0.05) is 12.1 Å². The van der Waals surface area contributed by atoms with Crippen LogP contribution in [0.4, 0.5) is 0 Å². The van der Waals surface area contributed by atoms with Crippen molar-refractivity contribution in [3.8, 4) is 0 Å². The molecule has 1 aliphatic rings. The number of carboxylic acids is 1. The van der Waals surface area contributed by atoms with E-state index in [1.165, 1.54) is 0 Å². The van der Waals surface area contributed by atoms with Crippen molar-refractivity contribution >= 4 is 11.9 Å². The van der Waals surface area contributed by atoms with Gasteiger partial charge in [0.15, 0.2) is 0 Å². The molecule has 1 rings (SSSR count). The van der Waals surface area contributed by atoms with Gasteiger partial charge in [-0.25, -0.2) is 0 Å². The molecule has 5 heteroatoms. The number of carbonyl (C=O) groups excluding carboxylic acids is 1. The molecule has 1 fully saturated rings. The van der Waals surface area contributed by atoms with Crippen LogP contribution < -0.4 is 5.32 Å². The molecule has 1 aliphatic heterocycles. The molecule has 0 aromatic carbocycles. The molecule has 0 aromatic rings. The number of likely N-dealkylation sites (tertiary alicyclic amines) is 1. The zero-order valence-electron chi connectivity index (χ0n) is 13.2. The van der Waals surface area contributed by atoms with Gasteiger partial charge in [-0.1, -0.05) is 20.3 Å². The number of amides is 1. The molecule has 0 bridgehead atoms. The van der Waals surface area contributed by atoms with Crippen LogP contribution in [0.15, 0.2) is 0 Å². The molecule has 0 radical (unpaired) electrons. The van der Waals surface area contributed by atoms with Gasteiger partial charge in [0.1, 0.15) is 0 Å². The summed E-state index contributed by atoms with van der Waals surface area (Å²) in [5, 5.41) is 12.4. The van der Waals surface area contributed by atoms with Crippen LogP contribution in [0, 0.1) is 5.41 Å². The van der Waals surface area contributed by atoms with Crippen molar-refractivity contribution in [2.45, 2.75) is 58.9 Å². The monoisotopic (exact) mass is 284 g/mol. The molecule has 0 saturated carbocycles. The molecule has 0 aliphatic carbocycles. The van der Waals surface area contributed by atoms with Gasteiger partial charge < -0.3 is 10.4 Å². The molecule has 116 valence electrons. The number of aliphatic carboxylic acids is 1. The molecule has 5 nitrogen and oxygen atoms in total. The van der Waals surface area contributed by atoms with Gasteiger partial charge in [-0.2, -0.15) is 0 Å². The van der Waals surface area contributed by atoms with Gasteiger partial charge in [-0.05, 0) is 39.7 Å². The average molecular weight is 284 g/mol. The Labute approximate surface area is 121 Å². The van der Waals surface area contributed by atoms with Crippen molar-refractivity contribution in [2.24, 2.45) is 5.41 Å². The second-order valence-corrected chi connectivity index (χ2v) is 6.58. The van der Waals surface area contributed by atoms with E-state index in [1.807, 2.05) is 32.6 Å². The fraction of sp³-hybridized carbons (Fsp3) is 0.867. The highest BCUT2D eigenvalue weighted by Gasteiger charge is 2.44. The Bertz CT molecular complexity index is 368. The highest BCUT2D eigenvalue weighted by atomic mass is 16.4. The topological polar surface area (TPSA) is 69.6 Å². The Hall–Kier alpha value is -1.10. The molecule has 2 N–H and O–H groups in total. The lowest BCUT2D eigenvalue weighted by atomic mass is 9.83. The Balaban J connectivity index is 2.56. The number of nitrogens with one attached hydrogen (secondary N) is 1. The van der Waals surface area contributed by atoms with Gasteiger partial charge in [-0.3, -0.25) is 14.5 Å². The third-order valence-electron chi connectivity index (χ3n) is 4.34. The summed E-state index contributed by atoms with van der Waals surface area (Å²) in [6.45, 7) is 9.49. The molecule has 1 unspecified atom stereocenters. The van der Waals surface area contributed by atoms with Gasteiger partial charge in [-0.15, -0.1) is 0 Å². The predicted molar refractivity (Wildman–Crippen MR) is 78.5 cm³/mol. The predicted octanol–water partition coefficient (Wildman–Crippen LogP) is 1.87. The van der Waals surface area contributed by atoms with E-state index in [1.54, 1.807) is 0 Å². The molecule has 0 aromatic heterocycles. The van der Waals surface area contributed by atoms with E-state index in [0.717, 1.165) is 12.8 Å². The van der Waals surface area contributed by atoms with E-state index in [4.69, 9.17) is 0 Å². The van der Waals surface area contributed by atoms with Crippen molar-refractivity contribution < 1.29 is 14.7 Å². The molecular formula is C15H28N2O3. The highest BCUT2D eigenvalue weighted by molar-refractivity contribution is 5.79. The second-order valence-electron chi connectivity index (χ2n) is 6.58. The minimum absolute atomic E-state index is 0.0189. The molecule has 1 saturated heterocycles. The standard InChI is InChI=1S/C15H28N2O3/c1-5-7-15(13(19)20)8-9-17(11-15)10-12(18)16-14(3,4)6-2/h5-11H2,1-4H3,(H,16,18)(H,19,20). The summed E-state index contributed by atoms with van der Waals surface area (Å²) in [6, 6.07) is 0. The molecule has 1 heterocycles. The first-order valence-corrected chi connectivity index (χ1v) is 7.51. The van der Waals surface area contributed by atoms with Crippen LogP contribution in [0.1, 0.15) is 53.4 Å². The largest absolute Gasteiger partial charge is 0.481 e. The summed E-state index contributed by atoms with van der Waals surface area (Å²) in [6.07, 6.45) is 3.05. The molecule has 0 spiro atoms. The minimum Gasteiger partial charge on any atom is -0.481 e. The SMILES string of the molecule is CCCC1(C(=O)O)CCN(CC(=O)NC(C)(C)CC)C1. The van der Waals surface area contributed by atoms with Crippen molar-refractivity contribution in [3.05, 3.63) is 0 Å². The summed E-state index contributed by atoms with van der Waals surface area (Å²) in [7, 11) is 0. The first kappa shape index (κ1) is 17.0. The summed E-state index contributed by atoms with van der Waals surface area (Å²) in [5.41, 5.74) is -0.862. The van der Waals surface area contributed by atoms with Crippen LogP contribution in [0.5, 0.6) is 0 Å². The maximum absolute atomic E-state index is 12.0. The normalized spacial score (nSPS) is 23.8. The van der Waals surface area contributed by atoms with Crippen LogP contribution in [-0.2, 0) is 9.59 Å². The number of hydrogen-bond donors (Lipinski definition) is 2. The first-order valence-electron chi connectivity index (χ1n) is 7.51. The van der Waals surface area contributed by atoms with Crippen molar-refractivity contribution in [1.82, 2.24) is 10.2 Å². The fourth-order valence-electron chi connectivity index (χ4n) is 2.77. The van der Waals surface area contributed by atoms with Gasteiger partial charge in [0.25, 0.3) is 0 Å². The van der Waals surface area contributed by atoms with Crippen LogP contribution >= 0.6 is 0 Å². The minimum atomic E-state index is -0.726. The number of nitrogens with zero attached hydrogens (tertiary/aromatic N) is 1. The van der Waals surface area contributed by atoms with Crippen LogP contribution in [-0.4, -0.2) is 47.1 Å². The van der Waals surface area contributed by atoms with Gasteiger partial charge in [0.2, 0.25) is 5.91 Å². The van der Waals surface area contributed by atoms with E-state index in [9.17, 15) is 14.7 Å². The Morgan fingerprint density at radius 1 is 1.35 bits per heavy atom. The third-order valence-corrected chi connectivity index (χ3v) is 4.34. The highest BCUT2D eigenvalue weighted by Crippen LogP contribution is 2.35. The van der Waals surface area contributed by atoms with Gasteiger partial charge >= 0.3 is 5.97 Å². The van der Waals surface area contributed by atoms with Crippen molar-refractivity contribution in [1.29, 1.82) is 0 Å². The summed E-state index contributed by atoms with van der Waals surface area (Å²) < 4.78 is 0. The van der Waals surface area contributed by atoms with Gasteiger partial charge in [0.05, 0.1) is 12.0 Å². The number of hydrogen-bond acceptors (Lipinski definition) is 3. The van der Waals surface area contributed by atoms with Crippen LogP contribution in [0.3, 0.4) is 0 Å². The van der Waals surface area contributed by atoms with E-state index in [-0.39, 0.29) is 11.4 Å². The lowest BCUT2D eigenvalue weighted by molar-refractivity contribution is -0.149. The third kappa shape index (κ3) is 4.20. The van der Waals surface area contributed by atoms with E-state index < -0.39 is 11.4 Å². The molecule has 20 heavy (non-hydrogen) atoms. The fourth-order valence-corrected chi connectivity index (χ4v) is 2.77. The lowest BCUT2D eigenvalue weighted by Gasteiger charge is -2.27. The van der Waals surface area contributed by atoms with Crippen molar-refractivity contribution in [2.75, 3.05) is 19.6 Å². The summed E-state index contributed by atoms with van der Waals surface area (Å²) in [5.74, 6) is -0.745. The molecular weight excluding hydrogens is 256 g/mol. The number of carboxylic acid groups (broad SMARTS) is 1. The zero-order valence-corrected chi connectivity index (χ0v) is 13.2. The van der Waals surface area contributed by atoms with E-state index >= 15 is 0 Å². The van der Waals surface area contributed by atoms with Crippen molar-refractivity contribution in [3.63, 3.8) is 0 Å². The van der Waals surface area contributed by atoms with Crippen LogP contribution in [0.2, 0.25) is 0 Å². The Morgan fingerprint density at radius 2 is 2.00 bits per heavy atom. The maximum atomic E-state index is 12.0. The molecule has 1 atom stereocenters. The van der Waals surface area contributed by atoms with E-state index in [2.05, 4.69) is 5.32 Å². The Morgan fingerprint density at radius 3 is 2.50 bits per heavy atom. The zero-order chi connectivity index (χ0) is 15.4. The first-order chi connectivity index (χ1) is 9.24. The van der Waals surface area contributed by atoms with Crippen LogP contribution in [0.25, 0.3) is 0 Å². The summed E-state index contributed by atoms with van der Waals surface area (Å²) in [4.78, 5) is 25.5. The quantitative estimate of drug-likeness (QED) is 0.749. The van der Waals surface area contributed by atoms with E-state index in [0.29, 0.717) is 32.5 Å². The molecule has 1 amide bonds.